The number of benzene rings is 1. The maximum atomic E-state index is 13.4. The summed E-state index contributed by atoms with van der Waals surface area (Å²) in [5.41, 5.74) is 1.83. The molecule has 1 saturated heterocycles. The van der Waals surface area contributed by atoms with E-state index in [1.165, 1.54) is 24.4 Å². The number of carbonyl (C=O) groups is 2. The van der Waals surface area contributed by atoms with Crippen LogP contribution in [0, 0.1) is 5.82 Å². The first-order chi connectivity index (χ1) is 15.0. The number of imide groups is 1. The van der Waals surface area contributed by atoms with Gasteiger partial charge in [-0.15, -0.1) is 0 Å². The number of urea groups is 1. The topological polar surface area (TPSA) is 125 Å². The van der Waals surface area contributed by atoms with Crippen molar-refractivity contribution in [2.75, 3.05) is 10.6 Å². The Morgan fingerprint density at radius 2 is 2.10 bits per heavy atom. The first kappa shape index (κ1) is 19.2. The first-order valence-electron chi connectivity index (χ1n) is 9.50. The van der Waals surface area contributed by atoms with E-state index in [0.29, 0.717) is 35.7 Å². The van der Waals surface area contributed by atoms with Gasteiger partial charge in [-0.25, -0.2) is 9.18 Å². The molecule has 2 fully saturated rings. The summed E-state index contributed by atoms with van der Waals surface area (Å²) < 4.78 is 14.9. The third-order valence-electron chi connectivity index (χ3n) is 4.76. The van der Waals surface area contributed by atoms with Crippen LogP contribution in [0.2, 0.25) is 5.02 Å². The van der Waals surface area contributed by atoms with Gasteiger partial charge in [0.15, 0.2) is 5.65 Å². The largest absolute Gasteiger partial charge is 0.351 e. The van der Waals surface area contributed by atoms with E-state index in [1.54, 1.807) is 10.6 Å². The van der Waals surface area contributed by atoms with Crippen molar-refractivity contribution >= 4 is 47.2 Å². The maximum Gasteiger partial charge on any atom is 0.326 e. The lowest BCUT2D eigenvalue weighted by atomic mass is 10.2. The molecule has 5 rings (SSSR count). The Labute approximate surface area is 179 Å². The minimum absolute atomic E-state index is 0.0355. The van der Waals surface area contributed by atoms with Gasteiger partial charge in [0, 0.05) is 18.2 Å². The quantitative estimate of drug-likeness (QED) is 0.341. The molecule has 0 bridgehead atoms. The zero-order valence-electron chi connectivity index (χ0n) is 15.9. The summed E-state index contributed by atoms with van der Waals surface area (Å²) in [7, 11) is 0. The number of hydrogen-bond donors (Lipinski definition) is 4. The SMILES string of the molecule is O=C1NC(=O)/C(=C/c2cnn3c(NC4CC4)nc(NCc4ccc(F)c(Cl)c4)nc23)N1. The monoisotopic (exact) mass is 442 g/mol. The van der Waals surface area contributed by atoms with Crippen molar-refractivity contribution in [1.29, 1.82) is 0 Å². The van der Waals surface area contributed by atoms with Gasteiger partial charge in [0.05, 0.1) is 11.2 Å². The summed E-state index contributed by atoms with van der Waals surface area (Å²) >= 11 is 5.85. The Morgan fingerprint density at radius 3 is 2.81 bits per heavy atom. The molecule has 0 unspecified atom stereocenters. The van der Waals surface area contributed by atoms with Crippen LogP contribution in [-0.4, -0.2) is 37.6 Å². The van der Waals surface area contributed by atoms with Crippen LogP contribution in [0.15, 0.2) is 30.1 Å². The summed E-state index contributed by atoms with van der Waals surface area (Å²) in [4.78, 5) is 32.2. The van der Waals surface area contributed by atoms with E-state index in [9.17, 15) is 14.0 Å². The van der Waals surface area contributed by atoms with Crippen LogP contribution in [0.5, 0.6) is 0 Å². The third kappa shape index (κ3) is 3.99. The zero-order valence-corrected chi connectivity index (χ0v) is 16.7. The van der Waals surface area contributed by atoms with Crippen LogP contribution in [0.25, 0.3) is 11.7 Å². The minimum Gasteiger partial charge on any atom is -0.351 e. The van der Waals surface area contributed by atoms with Crippen molar-refractivity contribution in [3.05, 3.63) is 52.1 Å². The van der Waals surface area contributed by atoms with E-state index in [4.69, 9.17) is 11.6 Å². The van der Waals surface area contributed by atoms with Crippen LogP contribution in [0.1, 0.15) is 24.0 Å². The molecule has 31 heavy (non-hydrogen) atoms. The van der Waals surface area contributed by atoms with Gasteiger partial charge in [-0.2, -0.15) is 19.6 Å². The van der Waals surface area contributed by atoms with E-state index in [1.807, 2.05) is 0 Å². The summed E-state index contributed by atoms with van der Waals surface area (Å²) in [6.45, 7) is 0.321. The molecule has 1 aliphatic carbocycles. The fourth-order valence-electron chi connectivity index (χ4n) is 3.05. The highest BCUT2D eigenvalue weighted by atomic mass is 35.5. The van der Waals surface area contributed by atoms with Crippen molar-refractivity contribution < 1.29 is 14.0 Å². The Kier molecular flexibility index (Phi) is 4.66. The predicted octanol–water partition coefficient (Wildman–Crippen LogP) is 2.28. The van der Waals surface area contributed by atoms with Gasteiger partial charge in [-0.1, -0.05) is 17.7 Å². The summed E-state index contributed by atoms with van der Waals surface area (Å²) in [6.07, 6.45) is 5.11. The molecule has 0 radical (unpaired) electrons. The van der Waals surface area contributed by atoms with E-state index < -0.39 is 17.8 Å². The second-order valence-electron chi connectivity index (χ2n) is 7.19. The van der Waals surface area contributed by atoms with Crippen LogP contribution in [-0.2, 0) is 11.3 Å². The lowest BCUT2D eigenvalue weighted by Crippen LogP contribution is -2.22. The smallest absolute Gasteiger partial charge is 0.326 e. The normalized spacial score (nSPS) is 17.2. The van der Waals surface area contributed by atoms with Gasteiger partial charge in [-0.05, 0) is 36.6 Å². The van der Waals surface area contributed by atoms with Crippen LogP contribution in [0.3, 0.4) is 0 Å². The van der Waals surface area contributed by atoms with Crippen molar-refractivity contribution in [2.24, 2.45) is 0 Å². The molecule has 1 aromatic carbocycles. The summed E-state index contributed by atoms with van der Waals surface area (Å²) in [5.74, 6) is -0.201. The molecule has 0 spiro atoms. The van der Waals surface area contributed by atoms with E-state index in [0.717, 1.165) is 18.4 Å². The van der Waals surface area contributed by atoms with Gasteiger partial charge in [0.1, 0.15) is 11.5 Å². The van der Waals surface area contributed by atoms with Crippen LogP contribution < -0.4 is 21.3 Å². The van der Waals surface area contributed by atoms with Crippen molar-refractivity contribution in [3.63, 3.8) is 0 Å². The molecule has 4 N–H and O–H groups in total. The minimum atomic E-state index is -0.584. The molecule has 3 heterocycles. The van der Waals surface area contributed by atoms with Crippen molar-refractivity contribution in [3.8, 4) is 0 Å². The summed E-state index contributed by atoms with van der Waals surface area (Å²) in [6, 6.07) is 4.17. The number of amides is 3. The third-order valence-corrected chi connectivity index (χ3v) is 5.05. The average Bonchev–Trinajstić information content (AvgIpc) is 3.37. The highest BCUT2D eigenvalue weighted by molar-refractivity contribution is 6.30. The fraction of sp³-hybridized carbons (Fsp3) is 0.211. The van der Waals surface area contributed by atoms with Gasteiger partial charge in [0.25, 0.3) is 5.91 Å². The van der Waals surface area contributed by atoms with E-state index in [2.05, 4.69) is 36.3 Å². The lowest BCUT2D eigenvalue weighted by Gasteiger charge is -2.10. The number of nitrogens with zero attached hydrogens (tertiary/aromatic N) is 4. The second kappa shape index (κ2) is 7.51. The number of nitrogens with one attached hydrogen (secondary N) is 4. The number of halogens is 2. The Hall–Kier alpha value is -3.73. The molecule has 2 aliphatic rings. The lowest BCUT2D eigenvalue weighted by molar-refractivity contribution is -0.115. The highest BCUT2D eigenvalue weighted by Gasteiger charge is 2.26. The van der Waals surface area contributed by atoms with E-state index >= 15 is 0 Å². The van der Waals surface area contributed by atoms with Crippen LogP contribution in [0.4, 0.5) is 21.1 Å². The number of aromatic nitrogens is 4. The number of fused-ring (bicyclic) bond motifs is 1. The highest BCUT2D eigenvalue weighted by Crippen LogP contribution is 2.26. The number of hydrogen-bond acceptors (Lipinski definition) is 7. The zero-order chi connectivity index (χ0) is 21.5. The Balaban J connectivity index is 1.48. The van der Waals surface area contributed by atoms with Gasteiger partial charge >= 0.3 is 6.03 Å². The van der Waals surface area contributed by atoms with E-state index in [-0.39, 0.29) is 10.7 Å². The molecule has 1 saturated carbocycles. The molecule has 1 aliphatic heterocycles. The number of carbonyl (C=O) groups excluding carboxylic acids is 2. The Morgan fingerprint density at radius 1 is 1.26 bits per heavy atom. The molecule has 2 aromatic heterocycles. The maximum absolute atomic E-state index is 13.4. The predicted molar refractivity (Wildman–Crippen MR) is 111 cm³/mol. The van der Waals surface area contributed by atoms with Crippen LogP contribution >= 0.6 is 11.6 Å². The second-order valence-corrected chi connectivity index (χ2v) is 7.60. The van der Waals surface area contributed by atoms with Crippen molar-refractivity contribution in [2.45, 2.75) is 25.4 Å². The van der Waals surface area contributed by atoms with Crippen molar-refractivity contribution in [1.82, 2.24) is 30.2 Å². The molecule has 0 atom stereocenters. The molecule has 12 heteroatoms. The standard InChI is InChI=1S/C19H16ClFN8O2/c20-12-5-9(1-4-13(12)21)7-22-17-26-15-10(6-14-16(30)27-19(31)25-14)8-23-29(15)18(28-17)24-11-2-3-11/h1,4-6,8,11H,2-3,7H2,(H2,22,24,26,28)(H2,25,27,30,31)/b14-6-. The summed E-state index contributed by atoms with van der Waals surface area (Å²) in [5, 5.41) is 15.4. The number of anilines is 2. The van der Waals surface area contributed by atoms with Gasteiger partial charge in [-0.3, -0.25) is 10.1 Å². The molecule has 10 nitrogen and oxygen atoms in total. The molecule has 3 amide bonds. The average molecular weight is 443 g/mol. The fourth-order valence-corrected chi connectivity index (χ4v) is 3.25. The first-order valence-corrected chi connectivity index (χ1v) is 9.88. The van der Waals surface area contributed by atoms with Gasteiger partial charge in [0.2, 0.25) is 11.9 Å². The Bertz CT molecular complexity index is 1250. The molecule has 3 aromatic rings. The molecular weight excluding hydrogens is 427 g/mol. The molecule has 158 valence electrons. The van der Waals surface area contributed by atoms with Gasteiger partial charge < -0.3 is 16.0 Å². The number of rotatable bonds is 6. The molecular formula is C19H16ClFN8O2.